The first kappa shape index (κ1) is 14.3. The number of hydrogen-bond donors (Lipinski definition) is 0. The molecule has 21 heavy (non-hydrogen) atoms. The quantitative estimate of drug-likeness (QED) is 0.569. The Morgan fingerprint density at radius 2 is 1.81 bits per heavy atom. The molecule has 0 aliphatic heterocycles. The van der Waals surface area contributed by atoms with E-state index in [0.717, 1.165) is 37.9 Å². The molecule has 0 aromatic heterocycles. The number of fused-ring (bicyclic) bond motifs is 1. The molecule has 0 spiro atoms. The molecular weight excluding hydrogens is 371 g/mol. The maximum absolute atomic E-state index is 12.4. The molecule has 106 valence electrons. The molecule has 2 aromatic carbocycles. The number of nitrogens with zero attached hydrogens (tertiary/aromatic N) is 1. The van der Waals surface area contributed by atoms with Gasteiger partial charge in [0.25, 0.3) is 0 Å². The minimum Gasteiger partial charge on any atom is -0.378 e. The van der Waals surface area contributed by atoms with Crippen LogP contribution in [0.2, 0.25) is 0 Å². The van der Waals surface area contributed by atoms with Crippen molar-refractivity contribution < 1.29 is 4.79 Å². The highest BCUT2D eigenvalue weighted by atomic mass is 125. The van der Waals surface area contributed by atoms with E-state index in [2.05, 4.69) is 63.9 Å². The minimum atomic E-state index is 0.167. The molecule has 0 heterocycles. The Bertz CT molecular complexity index is 729. The summed E-state index contributed by atoms with van der Waals surface area (Å²) in [5.74, 6) is 0.167. The molecule has 0 saturated carbocycles. The fourth-order valence-corrected chi connectivity index (χ4v) is 3.05. The standard InChI is InChI=1S/C18H16INO/c1-20(2)16-7-3-12(4-8-16)9-14-10-13-5-6-15(19)11-17(13)18(14)21/h3-9,11H,10H2,1-2H3/b14-9+/i19-2. The lowest BCUT2D eigenvalue weighted by atomic mass is 10.1. The molecule has 3 rings (SSSR count). The summed E-state index contributed by atoms with van der Waals surface area (Å²) in [5, 5.41) is 0. The number of carbonyl (C=O) groups excluding carboxylic acids is 1. The van der Waals surface area contributed by atoms with Gasteiger partial charge in [-0.3, -0.25) is 4.79 Å². The Labute approximate surface area is 138 Å². The number of halogens is 1. The van der Waals surface area contributed by atoms with Gasteiger partial charge in [-0.25, -0.2) is 0 Å². The Balaban J connectivity index is 1.90. The number of allylic oxidation sites excluding steroid dienone is 1. The summed E-state index contributed by atoms with van der Waals surface area (Å²) in [4.78, 5) is 14.5. The highest BCUT2D eigenvalue weighted by Crippen LogP contribution is 2.29. The number of anilines is 1. The van der Waals surface area contributed by atoms with E-state index in [9.17, 15) is 4.79 Å². The van der Waals surface area contributed by atoms with Crippen molar-refractivity contribution in [3.63, 3.8) is 0 Å². The summed E-state index contributed by atoms with van der Waals surface area (Å²) >= 11 is 2.25. The predicted molar refractivity (Wildman–Crippen MR) is 95.9 cm³/mol. The van der Waals surface area contributed by atoms with Crippen LogP contribution in [0.5, 0.6) is 0 Å². The van der Waals surface area contributed by atoms with E-state index in [4.69, 9.17) is 0 Å². The first-order valence-corrected chi connectivity index (χ1v) is 7.93. The smallest absolute Gasteiger partial charge is 0.189 e. The van der Waals surface area contributed by atoms with E-state index in [1.165, 1.54) is 0 Å². The molecule has 0 atom stereocenters. The monoisotopic (exact) mass is 387 g/mol. The largest absolute Gasteiger partial charge is 0.378 e. The summed E-state index contributed by atoms with van der Waals surface area (Å²) in [6, 6.07) is 14.4. The van der Waals surface area contributed by atoms with Gasteiger partial charge >= 0.3 is 0 Å². The second kappa shape index (κ2) is 5.64. The van der Waals surface area contributed by atoms with E-state index in [1.54, 1.807) is 0 Å². The average Bonchev–Trinajstić information content (AvgIpc) is 2.76. The molecule has 3 heteroatoms. The van der Waals surface area contributed by atoms with Crippen LogP contribution in [-0.4, -0.2) is 19.9 Å². The van der Waals surface area contributed by atoms with Gasteiger partial charge in [0.05, 0.1) is 0 Å². The normalized spacial score (nSPS) is 15.4. The average molecular weight is 387 g/mol. The SMILES string of the molecule is CN(C)c1ccc(/C=C2\Cc3ccc([125I])cc3C2=O)cc1. The Kier molecular flexibility index (Phi) is 3.85. The molecule has 2 nitrogen and oxygen atoms in total. The molecule has 0 fully saturated rings. The predicted octanol–water partition coefficient (Wildman–Crippen LogP) is 4.18. The fraction of sp³-hybridized carbons (Fsp3) is 0.167. The van der Waals surface area contributed by atoms with E-state index < -0.39 is 0 Å². The van der Waals surface area contributed by atoms with Gasteiger partial charge in [0.1, 0.15) is 0 Å². The Hall–Kier alpha value is -1.62. The second-order valence-corrected chi connectivity index (χ2v) is 6.71. The van der Waals surface area contributed by atoms with Gasteiger partial charge in [0.15, 0.2) is 5.78 Å². The zero-order valence-corrected chi connectivity index (χ0v) is 14.2. The summed E-state index contributed by atoms with van der Waals surface area (Å²) in [6.07, 6.45) is 2.75. The third-order valence-electron chi connectivity index (χ3n) is 3.74. The van der Waals surface area contributed by atoms with Gasteiger partial charge in [0, 0.05) is 40.9 Å². The fourth-order valence-electron chi connectivity index (χ4n) is 2.56. The third-order valence-corrected chi connectivity index (χ3v) is 4.41. The minimum absolute atomic E-state index is 0.167. The van der Waals surface area contributed by atoms with E-state index in [-0.39, 0.29) is 5.78 Å². The van der Waals surface area contributed by atoms with Crippen molar-refractivity contribution in [2.75, 3.05) is 19.0 Å². The first-order chi connectivity index (χ1) is 10.0. The van der Waals surface area contributed by atoms with Crippen LogP contribution < -0.4 is 4.90 Å². The third kappa shape index (κ3) is 2.88. The number of carbonyl (C=O) groups is 1. The van der Waals surface area contributed by atoms with Crippen molar-refractivity contribution in [2.24, 2.45) is 0 Å². The number of hydrogen-bond acceptors (Lipinski definition) is 2. The second-order valence-electron chi connectivity index (χ2n) is 5.46. The lowest BCUT2D eigenvalue weighted by Crippen LogP contribution is -2.07. The van der Waals surface area contributed by atoms with Crippen LogP contribution in [0, 0.1) is 3.57 Å². The van der Waals surface area contributed by atoms with Crippen LogP contribution in [-0.2, 0) is 6.42 Å². The van der Waals surface area contributed by atoms with Gasteiger partial charge in [-0.05, 0) is 64.1 Å². The van der Waals surface area contributed by atoms with E-state index in [1.807, 2.05) is 26.2 Å². The van der Waals surface area contributed by atoms with Crippen LogP contribution in [0.25, 0.3) is 6.08 Å². The van der Waals surface area contributed by atoms with Crippen molar-refractivity contribution in [2.45, 2.75) is 6.42 Å². The lowest BCUT2D eigenvalue weighted by molar-refractivity contribution is 0.104. The van der Waals surface area contributed by atoms with Crippen molar-refractivity contribution in [1.82, 2.24) is 0 Å². The van der Waals surface area contributed by atoms with Crippen LogP contribution >= 0.6 is 22.6 Å². The summed E-state index contributed by atoms with van der Waals surface area (Å²) in [5.41, 5.74) is 5.11. The van der Waals surface area contributed by atoms with Gasteiger partial charge in [-0.1, -0.05) is 18.2 Å². The van der Waals surface area contributed by atoms with Crippen LogP contribution in [0.15, 0.2) is 48.0 Å². The topological polar surface area (TPSA) is 20.3 Å². The number of ketones is 1. The molecular formula is C18H16INO. The van der Waals surface area contributed by atoms with Crippen LogP contribution in [0.4, 0.5) is 5.69 Å². The number of benzene rings is 2. The molecule has 0 bridgehead atoms. The molecule has 0 N–H and O–H groups in total. The summed E-state index contributed by atoms with van der Waals surface area (Å²) in [6.45, 7) is 0. The Morgan fingerprint density at radius 1 is 1.10 bits per heavy atom. The van der Waals surface area contributed by atoms with Crippen molar-refractivity contribution in [3.05, 3.63) is 68.3 Å². The van der Waals surface area contributed by atoms with Crippen LogP contribution in [0.1, 0.15) is 21.5 Å². The van der Waals surface area contributed by atoms with Gasteiger partial charge in [0.2, 0.25) is 0 Å². The Morgan fingerprint density at radius 3 is 2.48 bits per heavy atom. The molecule has 0 unspecified atom stereocenters. The highest BCUT2D eigenvalue weighted by molar-refractivity contribution is 14.1. The van der Waals surface area contributed by atoms with E-state index in [0.29, 0.717) is 0 Å². The van der Waals surface area contributed by atoms with Crippen molar-refractivity contribution in [3.8, 4) is 0 Å². The van der Waals surface area contributed by atoms with Gasteiger partial charge < -0.3 is 4.90 Å². The highest BCUT2D eigenvalue weighted by Gasteiger charge is 2.24. The zero-order chi connectivity index (χ0) is 15.0. The molecule has 1 aliphatic carbocycles. The lowest BCUT2D eigenvalue weighted by Gasteiger charge is -2.11. The van der Waals surface area contributed by atoms with Gasteiger partial charge in [-0.15, -0.1) is 0 Å². The van der Waals surface area contributed by atoms with E-state index >= 15 is 0 Å². The van der Waals surface area contributed by atoms with Crippen LogP contribution in [0.3, 0.4) is 0 Å². The molecule has 0 saturated heterocycles. The molecule has 1 aliphatic rings. The maximum Gasteiger partial charge on any atom is 0.189 e. The summed E-state index contributed by atoms with van der Waals surface area (Å²) in [7, 11) is 4.04. The molecule has 0 radical (unpaired) electrons. The molecule has 2 aromatic rings. The zero-order valence-electron chi connectivity index (χ0n) is 12.1. The number of Topliss-reactive ketones (excluding diaryl/α,β-unsaturated/α-hetero) is 1. The maximum atomic E-state index is 12.4. The number of rotatable bonds is 2. The first-order valence-electron chi connectivity index (χ1n) is 6.85. The summed E-state index contributed by atoms with van der Waals surface area (Å²) < 4.78 is 1.11. The van der Waals surface area contributed by atoms with Crippen molar-refractivity contribution >= 4 is 40.1 Å². The molecule has 0 amide bonds. The van der Waals surface area contributed by atoms with Gasteiger partial charge in [-0.2, -0.15) is 0 Å². The van der Waals surface area contributed by atoms with Crippen molar-refractivity contribution in [1.29, 1.82) is 0 Å².